The minimum Gasteiger partial charge on any atom is -0.493 e. The van der Waals surface area contributed by atoms with Crippen LogP contribution in [0, 0.1) is 5.92 Å². The van der Waals surface area contributed by atoms with Crippen molar-refractivity contribution < 1.29 is 18.9 Å². The number of benzene rings is 1. The SMILES string of the molecule is COc1cc2c(cc1OC)[C@H]1OCC[C@H]1[C@@H]2OC. The summed E-state index contributed by atoms with van der Waals surface area (Å²) in [5.41, 5.74) is 2.35. The first-order chi connectivity index (χ1) is 8.80. The van der Waals surface area contributed by atoms with Gasteiger partial charge in [-0.15, -0.1) is 0 Å². The van der Waals surface area contributed by atoms with Crippen molar-refractivity contribution in [3.05, 3.63) is 23.3 Å². The van der Waals surface area contributed by atoms with Crippen molar-refractivity contribution in [2.45, 2.75) is 18.6 Å². The van der Waals surface area contributed by atoms with Crippen LogP contribution in [0.15, 0.2) is 12.1 Å². The maximum absolute atomic E-state index is 5.83. The molecular weight excluding hydrogens is 232 g/mol. The van der Waals surface area contributed by atoms with Crippen LogP contribution >= 0.6 is 0 Å². The van der Waals surface area contributed by atoms with Crippen LogP contribution in [0.2, 0.25) is 0 Å². The number of hydrogen-bond acceptors (Lipinski definition) is 4. The van der Waals surface area contributed by atoms with Gasteiger partial charge in [0.15, 0.2) is 11.5 Å². The zero-order valence-electron chi connectivity index (χ0n) is 10.9. The molecular formula is C14H18O4. The van der Waals surface area contributed by atoms with Gasteiger partial charge in [-0.05, 0) is 29.7 Å². The molecule has 3 rings (SSSR count). The van der Waals surface area contributed by atoms with E-state index in [2.05, 4.69) is 0 Å². The van der Waals surface area contributed by atoms with E-state index >= 15 is 0 Å². The van der Waals surface area contributed by atoms with Crippen molar-refractivity contribution in [2.24, 2.45) is 5.92 Å². The quantitative estimate of drug-likeness (QED) is 0.826. The van der Waals surface area contributed by atoms with Gasteiger partial charge in [0.05, 0.1) is 26.4 Å². The predicted molar refractivity (Wildman–Crippen MR) is 66.1 cm³/mol. The standard InChI is InChI=1S/C14H18O4/c1-15-11-6-9-10(7-12(11)16-2)14-8(4-5-18-14)13(9)17-3/h6-8,13-14H,4-5H2,1-3H3/t8-,13-,14-/m0/s1. The summed E-state index contributed by atoms with van der Waals surface area (Å²) in [6, 6.07) is 4.04. The lowest BCUT2D eigenvalue weighted by Gasteiger charge is -2.16. The molecule has 4 heteroatoms. The molecule has 1 aromatic carbocycles. The summed E-state index contributed by atoms with van der Waals surface area (Å²) in [5.74, 6) is 1.92. The third-order valence-electron chi connectivity index (χ3n) is 3.98. The van der Waals surface area contributed by atoms with Gasteiger partial charge in [0.2, 0.25) is 0 Å². The Morgan fingerprint density at radius 3 is 2.33 bits per heavy atom. The highest BCUT2D eigenvalue weighted by molar-refractivity contribution is 5.51. The molecule has 3 atom stereocenters. The van der Waals surface area contributed by atoms with Gasteiger partial charge in [-0.3, -0.25) is 0 Å². The number of rotatable bonds is 3. The maximum Gasteiger partial charge on any atom is 0.161 e. The number of methoxy groups -OCH3 is 3. The van der Waals surface area contributed by atoms with Gasteiger partial charge in [0.1, 0.15) is 0 Å². The molecule has 0 bridgehead atoms. The zero-order chi connectivity index (χ0) is 12.7. The summed E-state index contributed by atoms with van der Waals surface area (Å²) in [5, 5.41) is 0. The van der Waals surface area contributed by atoms with E-state index in [1.54, 1.807) is 21.3 Å². The fourth-order valence-corrected chi connectivity index (χ4v) is 3.17. The molecule has 1 heterocycles. The first-order valence-corrected chi connectivity index (χ1v) is 6.20. The van der Waals surface area contributed by atoms with Crippen molar-refractivity contribution in [1.29, 1.82) is 0 Å². The Kier molecular flexibility index (Phi) is 2.92. The number of ether oxygens (including phenoxy) is 4. The molecule has 0 N–H and O–H groups in total. The summed E-state index contributed by atoms with van der Waals surface area (Å²) in [6.45, 7) is 0.809. The molecule has 0 aromatic heterocycles. The minimum atomic E-state index is 0.104. The molecule has 1 aliphatic heterocycles. The normalized spacial score (nSPS) is 28.9. The molecule has 2 aliphatic rings. The topological polar surface area (TPSA) is 36.9 Å². The first-order valence-electron chi connectivity index (χ1n) is 6.20. The molecule has 0 saturated carbocycles. The van der Waals surface area contributed by atoms with E-state index in [4.69, 9.17) is 18.9 Å². The average molecular weight is 250 g/mol. The largest absolute Gasteiger partial charge is 0.493 e. The third-order valence-corrected chi connectivity index (χ3v) is 3.98. The predicted octanol–water partition coefficient (Wildman–Crippen LogP) is 2.48. The van der Waals surface area contributed by atoms with Gasteiger partial charge >= 0.3 is 0 Å². The average Bonchev–Trinajstić information content (AvgIpc) is 2.96. The zero-order valence-corrected chi connectivity index (χ0v) is 10.9. The van der Waals surface area contributed by atoms with Crippen molar-refractivity contribution >= 4 is 0 Å². The Morgan fingerprint density at radius 2 is 1.72 bits per heavy atom. The lowest BCUT2D eigenvalue weighted by atomic mass is 10.0. The van der Waals surface area contributed by atoms with E-state index in [9.17, 15) is 0 Å². The second-order valence-corrected chi connectivity index (χ2v) is 4.74. The van der Waals surface area contributed by atoms with Crippen LogP contribution in [0.4, 0.5) is 0 Å². The number of fused-ring (bicyclic) bond motifs is 3. The Morgan fingerprint density at radius 1 is 1.06 bits per heavy atom. The van der Waals surface area contributed by atoms with Gasteiger partial charge in [0, 0.05) is 19.6 Å². The van der Waals surface area contributed by atoms with E-state index in [1.807, 2.05) is 12.1 Å². The molecule has 98 valence electrons. The smallest absolute Gasteiger partial charge is 0.161 e. The molecule has 18 heavy (non-hydrogen) atoms. The molecule has 1 aliphatic carbocycles. The molecule has 0 amide bonds. The third kappa shape index (κ3) is 1.52. The molecule has 1 aromatic rings. The summed E-state index contributed by atoms with van der Waals surface area (Å²) in [4.78, 5) is 0. The van der Waals surface area contributed by atoms with E-state index in [0.717, 1.165) is 24.5 Å². The van der Waals surface area contributed by atoms with E-state index in [0.29, 0.717) is 5.92 Å². The van der Waals surface area contributed by atoms with Crippen LogP contribution in [0.25, 0.3) is 0 Å². The van der Waals surface area contributed by atoms with Crippen LogP contribution in [-0.2, 0) is 9.47 Å². The summed E-state index contributed by atoms with van der Waals surface area (Å²) in [6.07, 6.45) is 1.29. The van der Waals surface area contributed by atoms with Crippen LogP contribution < -0.4 is 9.47 Å². The van der Waals surface area contributed by atoms with Gasteiger partial charge in [0.25, 0.3) is 0 Å². The molecule has 0 spiro atoms. The fraction of sp³-hybridized carbons (Fsp3) is 0.571. The molecule has 1 fully saturated rings. The maximum atomic E-state index is 5.83. The molecule has 0 unspecified atom stereocenters. The lowest BCUT2D eigenvalue weighted by Crippen LogP contribution is -2.08. The second kappa shape index (κ2) is 4.44. The molecule has 0 radical (unpaired) electrons. The van der Waals surface area contributed by atoms with Crippen LogP contribution in [0.1, 0.15) is 29.8 Å². The highest BCUT2D eigenvalue weighted by Gasteiger charge is 2.45. The van der Waals surface area contributed by atoms with Crippen molar-refractivity contribution in [2.75, 3.05) is 27.9 Å². The Hall–Kier alpha value is -1.26. The van der Waals surface area contributed by atoms with Gasteiger partial charge in [-0.1, -0.05) is 0 Å². The monoisotopic (exact) mass is 250 g/mol. The summed E-state index contributed by atoms with van der Waals surface area (Å²) < 4.78 is 22.2. The van der Waals surface area contributed by atoms with Crippen molar-refractivity contribution in [3.63, 3.8) is 0 Å². The van der Waals surface area contributed by atoms with Crippen LogP contribution in [-0.4, -0.2) is 27.9 Å². The Bertz CT molecular complexity index is 434. The second-order valence-electron chi connectivity index (χ2n) is 4.74. The van der Waals surface area contributed by atoms with Crippen LogP contribution in [0.3, 0.4) is 0 Å². The summed E-state index contributed by atoms with van der Waals surface area (Å²) in [7, 11) is 5.06. The van der Waals surface area contributed by atoms with Gasteiger partial charge < -0.3 is 18.9 Å². The first kappa shape index (κ1) is 11.8. The van der Waals surface area contributed by atoms with Gasteiger partial charge in [-0.2, -0.15) is 0 Å². The Balaban J connectivity index is 2.11. The highest BCUT2D eigenvalue weighted by Crippen LogP contribution is 2.54. The van der Waals surface area contributed by atoms with E-state index < -0.39 is 0 Å². The van der Waals surface area contributed by atoms with Crippen LogP contribution in [0.5, 0.6) is 11.5 Å². The van der Waals surface area contributed by atoms with E-state index in [-0.39, 0.29) is 12.2 Å². The number of hydrogen-bond donors (Lipinski definition) is 0. The highest BCUT2D eigenvalue weighted by atomic mass is 16.5. The molecule has 4 nitrogen and oxygen atoms in total. The Labute approximate surface area is 107 Å². The minimum absolute atomic E-state index is 0.104. The van der Waals surface area contributed by atoms with Gasteiger partial charge in [-0.25, -0.2) is 0 Å². The fourth-order valence-electron chi connectivity index (χ4n) is 3.17. The molecule has 1 saturated heterocycles. The van der Waals surface area contributed by atoms with E-state index in [1.165, 1.54) is 11.1 Å². The lowest BCUT2D eigenvalue weighted by molar-refractivity contribution is 0.0272. The van der Waals surface area contributed by atoms with Crippen molar-refractivity contribution in [3.8, 4) is 11.5 Å². The summed E-state index contributed by atoms with van der Waals surface area (Å²) >= 11 is 0. The van der Waals surface area contributed by atoms with Crippen molar-refractivity contribution in [1.82, 2.24) is 0 Å².